The van der Waals surface area contributed by atoms with Crippen molar-refractivity contribution in [3.63, 3.8) is 0 Å². The highest BCUT2D eigenvalue weighted by Gasteiger charge is 2.08. The zero-order chi connectivity index (χ0) is 15.9. The summed E-state index contributed by atoms with van der Waals surface area (Å²) in [6.45, 7) is 2.04. The summed E-state index contributed by atoms with van der Waals surface area (Å²) in [5.41, 5.74) is 3.13. The third-order valence-corrected chi connectivity index (χ3v) is 4.09. The molecule has 22 heavy (non-hydrogen) atoms. The van der Waals surface area contributed by atoms with Gasteiger partial charge in [0.15, 0.2) is 10.2 Å². The first-order valence-electron chi connectivity index (χ1n) is 6.78. The Morgan fingerprint density at radius 1 is 1.36 bits per heavy atom. The molecule has 1 amide bonds. The first-order chi connectivity index (χ1) is 10.6. The normalized spacial score (nSPS) is 10.3. The highest BCUT2D eigenvalue weighted by atomic mass is 35.5. The summed E-state index contributed by atoms with van der Waals surface area (Å²) in [4.78, 5) is 16.0. The van der Waals surface area contributed by atoms with Crippen LogP contribution in [0, 0.1) is 6.92 Å². The van der Waals surface area contributed by atoms with E-state index in [1.165, 1.54) is 16.9 Å². The summed E-state index contributed by atoms with van der Waals surface area (Å²) >= 11 is 12.1. The van der Waals surface area contributed by atoms with Crippen molar-refractivity contribution in [3.05, 3.63) is 35.2 Å². The first kappa shape index (κ1) is 16.9. The van der Waals surface area contributed by atoms with Crippen LogP contribution in [0.5, 0.6) is 0 Å². The van der Waals surface area contributed by atoms with Crippen LogP contribution < -0.4 is 10.6 Å². The molecule has 0 fully saturated rings. The third kappa shape index (κ3) is 5.05. The van der Waals surface area contributed by atoms with Crippen LogP contribution in [0.2, 0.25) is 0 Å². The topological polar surface area (TPSA) is 54.0 Å². The number of alkyl halides is 1. The predicted octanol–water partition coefficient (Wildman–Crippen LogP) is 3.95. The number of hydrogen-bond acceptors (Lipinski definition) is 4. The lowest BCUT2D eigenvalue weighted by atomic mass is 10.1. The molecule has 0 aliphatic rings. The van der Waals surface area contributed by atoms with Crippen molar-refractivity contribution in [2.45, 2.75) is 19.8 Å². The molecular weight excluding hydrogens is 338 g/mol. The van der Waals surface area contributed by atoms with Crippen LogP contribution in [0.3, 0.4) is 0 Å². The fraction of sp³-hybridized carbons (Fsp3) is 0.267. The molecule has 0 saturated carbocycles. The number of anilines is 1. The van der Waals surface area contributed by atoms with Crippen molar-refractivity contribution < 1.29 is 4.79 Å². The van der Waals surface area contributed by atoms with Crippen LogP contribution in [0.4, 0.5) is 5.13 Å². The van der Waals surface area contributed by atoms with Gasteiger partial charge in [0.05, 0.1) is 5.69 Å². The molecular formula is C15H16ClN3OS2. The van der Waals surface area contributed by atoms with Crippen LogP contribution >= 0.6 is 35.2 Å². The first-order valence-corrected chi connectivity index (χ1v) is 8.60. The van der Waals surface area contributed by atoms with Crippen molar-refractivity contribution in [2.75, 3.05) is 11.2 Å². The molecule has 7 heteroatoms. The van der Waals surface area contributed by atoms with Gasteiger partial charge in [-0.25, -0.2) is 4.98 Å². The summed E-state index contributed by atoms with van der Waals surface area (Å²) in [5.74, 6) is 0.313. The van der Waals surface area contributed by atoms with E-state index in [1.807, 2.05) is 36.6 Å². The van der Waals surface area contributed by atoms with E-state index in [-0.39, 0.29) is 11.0 Å². The number of aromatic nitrogens is 1. The predicted molar refractivity (Wildman–Crippen MR) is 96.6 cm³/mol. The number of carbonyl (C=O) groups is 1. The highest BCUT2D eigenvalue weighted by molar-refractivity contribution is 7.80. The number of carbonyl (C=O) groups excluding carboxylic acids is 1. The lowest BCUT2D eigenvalue weighted by Crippen LogP contribution is -2.33. The van der Waals surface area contributed by atoms with E-state index in [2.05, 4.69) is 15.6 Å². The quantitative estimate of drug-likeness (QED) is 0.631. The molecule has 2 aromatic rings. The SMILES string of the molecule is Cc1ccc(-c2csc(NC(=S)NC(=O)CCCCl)n2)cc1. The van der Waals surface area contributed by atoms with Crippen LogP contribution in [-0.4, -0.2) is 21.9 Å². The Kier molecular flexibility index (Phi) is 6.30. The minimum Gasteiger partial charge on any atom is -0.308 e. The summed E-state index contributed by atoms with van der Waals surface area (Å²) in [5, 5.41) is 8.39. The molecule has 0 unspecified atom stereocenters. The van der Waals surface area contributed by atoms with Gasteiger partial charge in [-0.3, -0.25) is 4.79 Å². The van der Waals surface area contributed by atoms with Gasteiger partial charge in [-0.2, -0.15) is 0 Å². The maximum atomic E-state index is 11.5. The number of rotatable bonds is 5. The van der Waals surface area contributed by atoms with E-state index in [1.54, 1.807) is 0 Å². The number of aryl methyl sites for hydroxylation is 1. The lowest BCUT2D eigenvalue weighted by molar-refractivity contribution is -0.119. The summed E-state index contributed by atoms with van der Waals surface area (Å²) < 4.78 is 0. The summed E-state index contributed by atoms with van der Waals surface area (Å²) in [6, 6.07) is 8.15. The van der Waals surface area contributed by atoms with Gasteiger partial charge in [-0.1, -0.05) is 29.8 Å². The molecule has 0 aliphatic heterocycles. The molecule has 0 bridgehead atoms. The number of halogens is 1. The van der Waals surface area contributed by atoms with Gasteiger partial charge in [-0.05, 0) is 25.6 Å². The molecule has 1 aromatic carbocycles. The molecule has 4 nitrogen and oxygen atoms in total. The Bertz CT molecular complexity index is 655. The zero-order valence-corrected chi connectivity index (χ0v) is 14.4. The van der Waals surface area contributed by atoms with Crippen LogP contribution in [0.1, 0.15) is 18.4 Å². The molecule has 2 rings (SSSR count). The number of amides is 1. The molecule has 0 aliphatic carbocycles. The van der Waals surface area contributed by atoms with Crippen molar-refractivity contribution in [1.82, 2.24) is 10.3 Å². The van der Waals surface area contributed by atoms with Gasteiger partial charge >= 0.3 is 0 Å². The number of thiazole rings is 1. The van der Waals surface area contributed by atoms with Gasteiger partial charge in [0, 0.05) is 23.2 Å². The lowest BCUT2D eigenvalue weighted by Gasteiger charge is -2.06. The fourth-order valence-corrected chi connectivity index (χ4v) is 2.87. The van der Waals surface area contributed by atoms with Gasteiger partial charge in [0.1, 0.15) is 0 Å². The molecule has 0 atom stereocenters. The Labute approximate surface area is 143 Å². The average molecular weight is 354 g/mol. The van der Waals surface area contributed by atoms with Gasteiger partial charge in [-0.15, -0.1) is 22.9 Å². The second kappa shape index (κ2) is 8.22. The van der Waals surface area contributed by atoms with Gasteiger partial charge in [0.25, 0.3) is 0 Å². The van der Waals surface area contributed by atoms with Crippen molar-refractivity contribution in [2.24, 2.45) is 0 Å². The van der Waals surface area contributed by atoms with E-state index < -0.39 is 0 Å². The van der Waals surface area contributed by atoms with Crippen LogP contribution in [0.15, 0.2) is 29.6 Å². The Balaban J connectivity index is 1.93. The van der Waals surface area contributed by atoms with Crippen molar-refractivity contribution in [1.29, 1.82) is 0 Å². The van der Waals surface area contributed by atoms with E-state index in [0.717, 1.165) is 11.3 Å². The largest absolute Gasteiger partial charge is 0.308 e. The van der Waals surface area contributed by atoms with Crippen LogP contribution in [0.25, 0.3) is 11.3 Å². The Morgan fingerprint density at radius 3 is 2.77 bits per heavy atom. The van der Waals surface area contributed by atoms with Gasteiger partial charge < -0.3 is 10.6 Å². The highest BCUT2D eigenvalue weighted by Crippen LogP contribution is 2.24. The number of thiocarbonyl (C=S) groups is 1. The van der Waals surface area contributed by atoms with E-state index in [0.29, 0.717) is 23.9 Å². The molecule has 0 radical (unpaired) electrons. The number of nitrogens with one attached hydrogen (secondary N) is 2. The summed E-state index contributed by atoms with van der Waals surface area (Å²) in [7, 11) is 0. The maximum Gasteiger partial charge on any atom is 0.226 e. The second-order valence-electron chi connectivity index (χ2n) is 4.70. The monoisotopic (exact) mass is 353 g/mol. The molecule has 1 heterocycles. The third-order valence-electron chi connectivity index (χ3n) is 2.86. The standard InChI is InChI=1S/C15H16ClN3OS2/c1-10-4-6-11(7-5-10)12-9-22-15(17-12)19-14(21)18-13(20)3-2-8-16/h4-7,9H,2-3,8H2,1H3,(H2,17,18,19,20,21). The molecule has 0 spiro atoms. The number of nitrogens with zero attached hydrogens (tertiary/aromatic N) is 1. The summed E-state index contributed by atoms with van der Waals surface area (Å²) in [6.07, 6.45) is 0.989. The number of hydrogen-bond donors (Lipinski definition) is 2. The second-order valence-corrected chi connectivity index (χ2v) is 6.34. The Morgan fingerprint density at radius 2 is 2.09 bits per heavy atom. The van der Waals surface area contributed by atoms with E-state index in [9.17, 15) is 4.79 Å². The molecule has 0 saturated heterocycles. The smallest absolute Gasteiger partial charge is 0.226 e. The molecule has 2 N–H and O–H groups in total. The van der Waals surface area contributed by atoms with Crippen LogP contribution in [-0.2, 0) is 4.79 Å². The van der Waals surface area contributed by atoms with Crippen molar-refractivity contribution in [3.8, 4) is 11.3 Å². The minimum absolute atomic E-state index is 0.145. The molecule has 1 aromatic heterocycles. The number of benzene rings is 1. The van der Waals surface area contributed by atoms with E-state index in [4.69, 9.17) is 23.8 Å². The average Bonchev–Trinajstić information content (AvgIpc) is 2.94. The van der Waals surface area contributed by atoms with E-state index >= 15 is 0 Å². The Hall–Kier alpha value is -1.50. The minimum atomic E-state index is -0.145. The zero-order valence-electron chi connectivity index (χ0n) is 12.1. The maximum absolute atomic E-state index is 11.5. The van der Waals surface area contributed by atoms with Gasteiger partial charge in [0.2, 0.25) is 5.91 Å². The van der Waals surface area contributed by atoms with Crippen molar-refractivity contribution >= 4 is 51.3 Å². The fourth-order valence-electron chi connectivity index (χ4n) is 1.73. The molecule has 116 valence electrons.